The van der Waals surface area contributed by atoms with Crippen LogP contribution < -0.4 is 5.32 Å². The molecule has 3 aromatic rings. The topological polar surface area (TPSA) is 98.5 Å². The Morgan fingerprint density at radius 1 is 1.22 bits per heavy atom. The van der Waals surface area contributed by atoms with Crippen LogP contribution in [0.1, 0.15) is 24.5 Å². The number of anilines is 1. The van der Waals surface area contributed by atoms with Crippen molar-refractivity contribution in [3.8, 4) is 5.69 Å². The Bertz CT molecular complexity index is 924. The van der Waals surface area contributed by atoms with Gasteiger partial charge in [-0.1, -0.05) is 59.5 Å². The number of rotatable bonds is 8. The molecule has 3 rings (SSSR count). The van der Waals surface area contributed by atoms with Gasteiger partial charge in [-0.2, -0.15) is 4.68 Å². The lowest BCUT2D eigenvalue weighted by Gasteiger charge is -2.08. The van der Waals surface area contributed by atoms with Gasteiger partial charge in [-0.05, 0) is 42.3 Å². The first-order chi connectivity index (χ1) is 13.1. The van der Waals surface area contributed by atoms with Crippen LogP contribution in [0.2, 0.25) is 0 Å². The summed E-state index contributed by atoms with van der Waals surface area (Å²) in [5.74, 6) is 1.00. The lowest BCUT2D eigenvalue weighted by atomic mass is 10.1. The summed E-state index contributed by atoms with van der Waals surface area (Å²) < 4.78 is 2.51. The number of nitrogens with one attached hydrogen (secondary N) is 1. The average molecular weight is 422 g/mol. The van der Waals surface area contributed by atoms with Crippen molar-refractivity contribution in [2.24, 2.45) is 0 Å². The molecule has 0 radical (unpaired) electrons. The molecule has 0 saturated carbocycles. The zero-order chi connectivity index (χ0) is 19.2. The van der Waals surface area contributed by atoms with Gasteiger partial charge in [0.25, 0.3) is 0 Å². The molecule has 1 aromatic carbocycles. The fraction of sp³-hybridized carbons (Fsp3) is 0.375. The van der Waals surface area contributed by atoms with Gasteiger partial charge in [0.1, 0.15) is 0 Å². The molecule has 1 amide bonds. The van der Waals surface area contributed by atoms with Crippen LogP contribution >= 0.6 is 34.9 Å². The third-order valence-corrected chi connectivity index (χ3v) is 6.53. The number of aryl methyl sites for hydroxylation is 2. The molecule has 1 N–H and O–H groups in total. The zero-order valence-electron chi connectivity index (χ0n) is 15.2. The Hall–Kier alpha value is -1.98. The molecule has 0 saturated heterocycles. The minimum Gasteiger partial charge on any atom is -0.300 e. The summed E-state index contributed by atoms with van der Waals surface area (Å²) in [7, 11) is 0. The van der Waals surface area contributed by atoms with E-state index < -0.39 is 0 Å². The molecule has 0 atom stereocenters. The molecule has 0 aliphatic heterocycles. The van der Waals surface area contributed by atoms with Crippen LogP contribution in [0.3, 0.4) is 0 Å². The predicted molar refractivity (Wildman–Crippen MR) is 109 cm³/mol. The van der Waals surface area contributed by atoms with E-state index >= 15 is 0 Å². The third kappa shape index (κ3) is 5.27. The fourth-order valence-electron chi connectivity index (χ4n) is 2.26. The van der Waals surface area contributed by atoms with E-state index in [2.05, 4.69) is 44.0 Å². The number of amides is 1. The maximum absolute atomic E-state index is 12.2. The molecule has 142 valence electrons. The van der Waals surface area contributed by atoms with Crippen molar-refractivity contribution in [3.05, 3.63) is 29.3 Å². The molecule has 11 heteroatoms. The molecule has 27 heavy (non-hydrogen) atoms. The number of aromatic nitrogens is 6. The second-order valence-corrected chi connectivity index (χ2v) is 8.98. The summed E-state index contributed by atoms with van der Waals surface area (Å²) in [6, 6.07) is 6.05. The maximum Gasteiger partial charge on any atom is 0.236 e. The van der Waals surface area contributed by atoms with Crippen molar-refractivity contribution in [1.82, 2.24) is 30.4 Å². The highest BCUT2D eigenvalue weighted by atomic mass is 32.2. The first-order valence-electron chi connectivity index (χ1n) is 8.31. The van der Waals surface area contributed by atoms with Crippen LogP contribution in [-0.4, -0.2) is 47.8 Å². The summed E-state index contributed by atoms with van der Waals surface area (Å²) in [5.41, 5.74) is 3.14. The molecule has 0 unspecified atom stereocenters. The van der Waals surface area contributed by atoms with Crippen LogP contribution in [0.4, 0.5) is 5.13 Å². The first-order valence-corrected chi connectivity index (χ1v) is 11.1. The summed E-state index contributed by atoms with van der Waals surface area (Å²) >= 11 is 4.30. The smallest absolute Gasteiger partial charge is 0.236 e. The van der Waals surface area contributed by atoms with Gasteiger partial charge in [0.05, 0.1) is 11.4 Å². The van der Waals surface area contributed by atoms with Gasteiger partial charge in [0.2, 0.25) is 16.2 Å². The summed E-state index contributed by atoms with van der Waals surface area (Å²) in [4.78, 5) is 12.2. The lowest BCUT2D eigenvalue weighted by Crippen LogP contribution is -2.14. The van der Waals surface area contributed by atoms with Gasteiger partial charge in [-0.25, -0.2) is 0 Å². The Morgan fingerprint density at radius 3 is 2.85 bits per heavy atom. The lowest BCUT2D eigenvalue weighted by molar-refractivity contribution is -0.113. The molecule has 2 aromatic heterocycles. The number of benzene rings is 1. The van der Waals surface area contributed by atoms with Crippen LogP contribution in [0.5, 0.6) is 0 Å². The highest BCUT2D eigenvalue weighted by molar-refractivity contribution is 8.01. The highest BCUT2D eigenvalue weighted by Crippen LogP contribution is 2.26. The van der Waals surface area contributed by atoms with Crippen LogP contribution in [0.25, 0.3) is 5.69 Å². The number of carbonyl (C=O) groups excluding carboxylic acids is 1. The van der Waals surface area contributed by atoms with E-state index in [1.807, 2.05) is 26.0 Å². The number of carbonyl (C=O) groups is 1. The summed E-state index contributed by atoms with van der Waals surface area (Å²) in [6.45, 7) is 6.16. The third-order valence-electron chi connectivity index (χ3n) is 3.44. The van der Waals surface area contributed by atoms with E-state index in [-0.39, 0.29) is 11.7 Å². The quantitative estimate of drug-likeness (QED) is 0.437. The molecular formula is C16H19N7OS3. The Morgan fingerprint density at radius 2 is 2.07 bits per heavy atom. The van der Waals surface area contributed by atoms with Crippen LogP contribution in [0.15, 0.2) is 27.7 Å². The Labute approximate surface area is 169 Å². The van der Waals surface area contributed by atoms with Gasteiger partial charge < -0.3 is 0 Å². The largest absolute Gasteiger partial charge is 0.300 e. The molecule has 0 aliphatic carbocycles. The Balaban J connectivity index is 1.60. The summed E-state index contributed by atoms with van der Waals surface area (Å²) in [5, 5.41) is 23.7. The van der Waals surface area contributed by atoms with E-state index in [1.54, 1.807) is 16.4 Å². The van der Waals surface area contributed by atoms with E-state index in [0.717, 1.165) is 27.8 Å². The summed E-state index contributed by atoms with van der Waals surface area (Å²) in [6.07, 6.45) is 1.07. The molecule has 0 fully saturated rings. The van der Waals surface area contributed by atoms with Gasteiger partial charge in [0.15, 0.2) is 4.34 Å². The van der Waals surface area contributed by atoms with Crippen molar-refractivity contribution in [2.75, 3.05) is 16.8 Å². The number of tetrazole rings is 1. The molecule has 8 nitrogen and oxygen atoms in total. The number of hydrogen-bond donors (Lipinski definition) is 1. The van der Waals surface area contributed by atoms with Crippen molar-refractivity contribution < 1.29 is 4.79 Å². The SMILES string of the molecule is CCCSc1nnc(NC(=O)CSc2nnnn2-c2ccc(C)cc2C)s1. The Kier molecular flexibility index (Phi) is 6.80. The molecule has 2 heterocycles. The minimum atomic E-state index is -0.168. The second-order valence-electron chi connectivity index (χ2n) is 5.72. The van der Waals surface area contributed by atoms with E-state index in [0.29, 0.717) is 10.3 Å². The van der Waals surface area contributed by atoms with E-state index in [9.17, 15) is 4.79 Å². The van der Waals surface area contributed by atoms with Crippen molar-refractivity contribution in [3.63, 3.8) is 0 Å². The maximum atomic E-state index is 12.2. The van der Waals surface area contributed by atoms with E-state index in [4.69, 9.17) is 0 Å². The number of hydrogen-bond acceptors (Lipinski definition) is 9. The van der Waals surface area contributed by atoms with E-state index in [1.165, 1.54) is 28.7 Å². The first kappa shape index (κ1) is 19.8. The minimum absolute atomic E-state index is 0.168. The molecule has 0 bridgehead atoms. The molecule has 0 aliphatic rings. The van der Waals surface area contributed by atoms with Gasteiger partial charge in [-0.3, -0.25) is 10.1 Å². The van der Waals surface area contributed by atoms with Gasteiger partial charge >= 0.3 is 0 Å². The monoisotopic (exact) mass is 421 g/mol. The number of thioether (sulfide) groups is 2. The molecular weight excluding hydrogens is 402 g/mol. The average Bonchev–Trinajstić information content (AvgIpc) is 3.27. The number of nitrogens with zero attached hydrogens (tertiary/aromatic N) is 6. The van der Waals surface area contributed by atoms with Crippen molar-refractivity contribution in [1.29, 1.82) is 0 Å². The highest BCUT2D eigenvalue weighted by Gasteiger charge is 2.14. The molecule has 0 spiro atoms. The van der Waals surface area contributed by atoms with Crippen LogP contribution in [0, 0.1) is 13.8 Å². The van der Waals surface area contributed by atoms with Gasteiger partial charge in [-0.15, -0.1) is 15.3 Å². The zero-order valence-corrected chi connectivity index (χ0v) is 17.6. The van der Waals surface area contributed by atoms with Gasteiger partial charge in [0, 0.05) is 5.75 Å². The fourth-order valence-corrected chi connectivity index (χ4v) is 4.63. The standard InChI is InChI=1S/C16H19N7OS3/c1-4-7-25-16-20-18-14(27-16)17-13(24)9-26-15-19-21-22-23(15)12-6-5-10(2)8-11(12)3/h5-6,8H,4,7,9H2,1-3H3,(H,17,18,24). The van der Waals surface area contributed by atoms with Crippen LogP contribution in [-0.2, 0) is 4.79 Å². The predicted octanol–water partition coefficient (Wildman–Crippen LogP) is 3.36. The van der Waals surface area contributed by atoms with Crippen molar-refractivity contribution >= 4 is 45.9 Å². The normalized spacial score (nSPS) is 10.9. The van der Waals surface area contributed by atoms with Crippen molar-refractivity contribution in [2.45, 2.75) is 36.7 Å². The second kappa shape index (κ2) is 9.29.